The number of aromatic amines is 1. The highest BCUT2D eigenvalue weighted by molar-refractivity contribution is 5.96. The molecule has 0 radical (unpaired) electrons. The number of H-pyrrole nitrogens is 1. The number of nitrogens with zero attached hydrogens (tertiary/aromatic N) is 6. The van der Waals surface area contributed by atoms with Crippen molar-refractivity contribution in [2.24, 2.45) is 7.05 Å². The molecular formula is C26H32N8O2. The van der Waals surface area contributed by atoms with Gasteiger partial charge in [-0.3, -0.25) is 9.58 Å². The molecule has 2 N–H and O–H groups in total. The Morgan fingerprint density at radius 1 is 1.28 bits per heavy atom. The smallest absolute Gasteiger partial charge is 0.256 e. The van der Waals surface area contributed by atoms with E-state index in [9.17, 15) is 4.79 Å². The first-order valence-corrected chi connectivity index (χ1v) is 12.1. The van der Waals surface area contributed by atoms with Crippen molar-refractivity contribution in [3.63, 3.8) is 0 Å². The summed E-state index contributed by atoms with van der Waals surface area (Å²) in [4.78, 5) is 29.3. The van der Waals surface area contributed by atoms with Crippen LogP contribution in [0.2, 0.25) is 0 Å². The molecule has 1 aliphatic rings. The normalized spacial score (nSPS) is 17.8. The third-order valence-corrected chi connectivity index (χ3v) is 7.01. The van der Waals surface area contributed by atoms with Gasteiger partial charge in [-0.25, -0.2) is 9.97 Å². The monoisotopic (exact) mass is 488 g/mol. The molecule has 1 saturated heterocycles. The highest BCUT2D eigenvalue weighted by atomic mass is 16.5. The molecular weight excluding hydrogens is 456 g/mol. The van der Waals surface area contributed by atoms with Crippen LogP contribution in [0.25, 0.3) is 22.2 Å². The third-order valence-electron chi connectivity index (χ3n) is 7.01. The first-order chi connectivity index (χ1) is 17.5. The second kappa shape index (κ2) is 10.1. The van der Waals surface area contributed by atoms with Crippen LogP contribution in [0.15, 0.2) is 42.9 Å². The van der Waals surface area contributed by atoms with Crippen LogP contribution >= 0.6 is 0 Å². The lowest BCUT2D eigenvalue weighted by Gasteiger charge is -2.40. The average Bonchev–Trinajstić information content (AvgIpc) is 3.47. The Hall–Kier alpha value is -3.76. The number of aryl methyl sites for hydroxylation is 1. The molecule has 1 fully saturated rings. The maximum atomic E-state index is 12.1. The number of anilines is 2. The predicted molar refractivity (Wildman–Crippen MR) is 140 cm³/mol. The van der Waals surface area contributed by atoms with Gasteiger partial charge in [0.2, 0.25) is 5.95 Å². The zero-order valence-corrected chi connectivity index (χ0v) is 21.1. The quantitative estimate of drug-likeness (QED) is 0.365. The van der Waals surface area contributed by atoms with Crippen LogP contribution in [-0.4, -0.2) is 86.7 Å². The Labute approximate surface area is 210 Å². The number of hydrogen-bond acceptors (Lipinski definition) is 8. The maximum Gasteiger partial charge on any atom is 0.256 e. The summed E-state index contributed by atoms with van der Waals surface area (Å²) in [5.41, 5.74) is 4.61. The Morgan fingerprint density at radius 2 is 2.14 bits per heavy atom. The molecule has 0 saturated carbocycles. The van der Waals surface area contributed by atoms with Gasteiger partial charge in [-0.15, -0.1) is 5.10 Å². The van der Waals surface area contributed by atoms with Crippen molar-refractivity contribution in [3.05, 3.63) is 48.4 Å². The van der Waals surface area contributed by atoms with Gasteiger partial charge in [0, 0.05) is 61.6 Å². The van der Waals surface area contributed by atoms with Crippen LogP contribution in [0.1, 0.15) is 12.5 Å². The molecule has 4 heterocycles. The van der Waals surface area contributed by atoms with Crippen LogP contribution in [0.3, 0.4) is 0 Å². The van der Waals surface area contributed by atoms with E-state index in [2.05, 4.69) is 56.3 Å². The van der Waals surface area contributed by atoms with E-state index in [-0.39, 0.29) is 6.04 Å². The maximum absolute atomic E-state index is 12.1. The largest absolute Gasteiger partial charge is 0.478 e. The number of rotatable bonds is 8. The molecule has 10 nitrogen and oxygen atoms in total. The lowest BCUT2D eigenvalue weighted by molar-refractivity contribution is -0.113. The standard InChI is InChI=1S/C26H32N8O2/c1-17-14-34(11-10-32(17)2)19(16-35)12-18-6-5-7-20-21(13-28-24(18)20)22-8-9-27-26(29-22)30-23-15-33(3)31-25(23)36-4/h5-9,13,15-17,19,28H,10-12,14H2,1-4H3,(H,27,29,30)/t17-,19?/m0/s1. The zero-order valence-electron chi connectivity index (χ0n) is 21.1. The van der Waals surface area contributed by atoms with Gasteiger partial charge in [0.25, 0.3) is 5.88 Å². The Balaban J connectivity index is 1.41. The first kappa shape index (κ1) is 24.0. The van der Waals surface area contributed by atoms with Gasteiger partial charge in [-0.1, -0.05) is 18.2 Å². The second-order valence-corrected chi connectivity index (χ2v) is 9.39. The number of piperazine rings is 1. The van der Waals surface area contributed by atoms with Crippen LogP contribution < -0.4 is 10.1 Å². The summed E-state index contributed by atoms with van der Waals surface area (Å²) in [6.45, 7) is 4.97. The number of likely N-dealkylation sites (N-methyl/N-ethyl adjacent to an activating group) is 1. The van der Waals surface area contributed by atoms with Crippen molar-refractivity contribution < 1.29 is 9.53 Å². The van der Waals surface area contributed by atoms with Crippen molar-refractivity contribution >= 4 is 28.8 Å². The molecule has 0 aliphatic carbocycles. The molecule has 1 unspecified atom stereocenters. The molecule has 1 aliphatic heterocycles. The predicted octanol–water partition coefficient (Wildman–Crippen LogP) is 2.86. The van der Waals surface area contributed by atoms with Crippen molar-refractivity contribution in [1.82, 2.24) is 34.5 Å². The number of aromatic nitrogens is 5. The number of carbonyl (C=O) groups is 1. The number of fused-ring (bicyclic) bond motifs is 1. The SMILES string of the molecule is COc1nn(C)cc1Nc1nccc(-c2c[nH]c3c(CC(C=O)N4CCN(C)[C@@H](C)C4)cccc23)n1. The van der Waals surface area contributed by atoms with E-state index in [1.54, 1.807) is 18.0 Å². The van der Waals surface area contributed by atoms with E-state index in [0.717, 1.165) is 53.6 Å². The Morgan fingerprint density at radius 3 is 2.92 bits per heavy atom. The number of methoxy groups -OCH3 is 1. The van der Waals surface area contributed by atoms with Gasteiger partial charge in [0.1, 0.15) is 12.0 Å². The zero-order chi connectivity index (χ0) is 25.2. The van der Waals surface area contributed by atoms with Gasteiger partial charge in [-0.2, -0.15) is 0 Å². The molecule has 5 rings (SSSR count). The minimum atomic E-state index is -0.150. The molecule has 2 atom stereocenters. The van der Waals surface area contributed by atoms with Gasteiger partial charge < -0.3 is 24.7 Å². The van der Waals surface area contributed by atoms with Crippen LogP contribution in [0.5, 0.6) is 5.88 Å². The topological polar surface area (TPSA) is 104 Å². The molecule has 4 aromatic rings. The third kappa shape index (κ3) is 4.69. The number of hydrogen-bond donors (Lipinski definition) is 2. The lowest BCUT2D eigenvalue weighted by atomic mass is 10.00. The van der Waals surface area contributed by atoms with E-state index in [1.807, 2.05) is 31.6 Å². The average molecular weight is 489 g/mol. The number of nitrogens with one attached hydrogen (secondary N) is 2. The first-order valence-electron chi connectivity index (χ1n) is 12.1. The molecule has 3 aromatic heterocycles. The molecule has 1 aromatic carbocycles. The molecule has 0 spiro atoms. The number of ether oxygens (including phenoxy) is 1. The minimum Gasteiger partial charge on any atom is -0.478 e. The molecule has 0 bridgehead atoms. The lowest BCUT2D eigenvalue weighted by Crippen LogP contribution is -2.54. The summed E-state index contributed by atoms with van der Waals surface area (Å²) in [5.74, 6) is 0.928. The number of benzene rings is 1. The fourth-order valence-corrected chi connectivity index (χ4v) is 4.86. The summed E-state index contributed by atoms with van der Waals surface area (Å²) in [6.07, 6.45) is 7.27. The van der Waals surface area contributed by atoms with Crippen molar-refractivity contribution in [1.29, 1.82) is 0 Å². The van der Waals surface area contributed by atoms with Crippen molar-refractivity contribution in [3.8, 4) is 17.1 Å². The van der Waals surface area contributed by atoms with Crippen LogP contribution in [0.4, 0.5) is 11.6 Å². The van der Waals surface area contributed by atoms with E-state index >= 15 is 0 Å². The minimum absolute atomic E-state index is 0.150. The highest BCUT2D eigenvalue weighted by Crippen LogP contribution is 2.31. The number of carbonyl (C=O) groups excluding carboxylic acids is 1. The molecule has 0 amide bonds. The van der Waals surface area contributed by atoms with Crippen LogP contribution in [0, 0.1) is 0 Å². The molecule has 36 heavy (non-hydrogen) atoms. The van der Waals surface area contributed by atoms with Gasteiger partial charge in [0.05, 0.1) is 25.0 Å². The van der Waals surface area contributed by atoms with E-state index in [0.29, 0.717) is 30.0 Å². The number of aldehydes is 1. The van der Waals surface area contributed by atoms with E-state index < -0.39 is 0 Å². The van der Waals surface area contributed by atoms with Crippen molar-refractivity contribution in [2.75, 3.05) is 39.1 Å². The summed E-state index contributed by atoms with van der Waals surface area (Å²) < 4.78 is 6.99. The van der Waals surface area contributed by atoms with Gasteiger partial charge >= 0.3 is 0 Å². The van der Waals surface area contributed by atoms with Gasteiger partial charge in [-0.05, 0) is 32.0 Å². The summed E-state index contributed by atoms with van der Waals surface area (Å²) in [6, 6.07) is 8.40. The highest BCUT2D eigenvalue weighted by Gasteiger charge is 2.27. The van der Waals surface area contributed by atoms with E-state index in [1.165, 1.54) is 0 Å². The Bertz CT molecular complexity index is 1360. The fraction of sp³-hybridized carbons (Fsp3) is 0.385. The summed E-state index contributed by atoms with van der Waals surface area (Å²) in [7, 11) is 5.54. The number of para-hydroxylation sites is 1. The van der Waals surface area contributed by atoms with E-state index in [4.69, 9.17) is 9.72 Å². The summed E-state index contributed by atoms with van der Waals surface area (Å²) in [5, 5.41) is 8.52. The second-order valence-electron chi connectivity index (χ2n) is 9.39. The van der Waals surface area contributed by atoms with Crippen molar-refractivity contribution in [2.45, 2.75) is 25.4 Å². The van der Waals surface area contributed by atoms with Gasteiger partial charge in [0.15, 0.2) is 0 Å². The Kier molecular flexibility index (Phi) is 6.71. The fourth-order valence-electron chi connectivity index (χ4n) is 4.86. The molecule has 10 heteroatoms. The summed E-state index contributed by atoms with van der Waals surface area (Å²) >= 11 is 0. The molecule has 188 valence electrons. The van der Waals surface area contributed by atoms with Crippen LogP contribution in [-0.2, 0) is 18.3 Å².